The van der Waals surface area contributed by atoms with Gasteiger partial charge in [-0.05, 0) is 127 Å². The summed E-state index contributed by atoms with van der Waals surface area (Å²) in [5.74, 6) is 0. The monoisotopic (exact) mass is 878 g/mol. The van der Waals surface area contributed by atoms with Crippen molar-refractivity contribution in [2.75, 3.05) is 9.80 Å². The normalized spacial score (nSPS) is 13.9. The summed E-state index contributed by atoms with van der Waals surface area (Å²) in [4.78, 5) is 4.91. The molecule has 0 aromatic heterocycles. The lowest BCUT2D eigenvalue weighted by molar-refractivity contribution is 0.793. The van der Waals surface area contributed by atoms with Gasteiger partial charge in [0.15, 0.2) is 0 Å². The van der Waals surface area contributed by atoms with Crippen LogP contribution in [0.1, 0.15) is 22.3 Å². The fraction of sp³-hybridized carbons (Fsp3) is 0.0149. The van der Waals surface area contributed by atoms with Crippen LogP contribution < -0.4 is 9.80 Å². The molecule has 1 unspecified atom stereocenters. The molecule has 11 aromatic carbocycles. The number of hydrogen-bond donors (Lipinski definition) is 0. The highest BCUT2D eigenvalue weighted by Gasteiger charge is 2.52. The number of hydrogen-bond acceptors (Lipinski definition) is 2. The molecule has 0 saturated heterocycles. The van der Waals surface area contributed by atoms with Crippen molar-refractivity contribution in [3.63, 3.8) is 0 Å². The molecule has 324 valence electrons. The van der Waals surface area contributed by atoms with Crippen LogP contribution in [0.4, 0.5) is 34.1 Å². The number of nitrogens with zero attached hydrogens (tertiary/aromatic N) is 2. The topological polar surface area (TPSA) is 6.48 Å². The van der Waals surface area contributed by atoms with Crippen LogP contribution in [0, 0.1) is 0 Å². The molecule has 2 aliphatic carbocycles. The third-order valence-electron chi connectivity index (χ3n) is 14.3. The minimum Gasteiger partial charge on any atom is -0.310 e. The van der Waals surface area contributed by atoms with Gasteiger partial charge in [-0.1, -0.05) is 218 Å². The average Bonchev–Trinajstić information content (AvgIpc) is 3.90. The third kappa shape index (κ3) is 6.56. The van der Waals surface area contributed by atoms with Crippen molar-refractivity contribution in [2.24, 2.45) is 0 Å². The summed E-state index contributed by atoms with van der Waals surface area (Å²) >= 11 is 0. The van der Waals surface area contributed by atoms with Gasteiger partial charge >= 0.3 is 0 Å². The van der Waals surface area contributed by atoms with E-state index in [9.17, 15) is 0 Å². The van der Waals surface area contributed by atoms with E-state index in [-0.39, 0.29) is 0 Å². The van der Waals surface area contributed by atoms with Gasteiger partial charge in [0.1, 0.15) is 0 Å². The fourth-order valence-electron chi connectivity index (χ4n) is 11.3. The fourth-order valence-corrected chi connectivity index (χ4v) is 11.3. The van der Waals surface area contributed by atoms with Gasteiger partial charge in [0, 0.05) is 33.9 Å². The molecule has 0 fully saturated rings. The molecule has 0 bridgehead atoms. The molecular formula is C67H46N2. The van der Waals surface area contributed by atoms with Gasteiger partial charge < -0.3 is 9.80 Å². The van der Waals surface area contributed by atoms with E-state index >= 15 is 0 Å². The number of fused-ring (bicyclic) bond motifs is 10. The molecule has 2 nitrogen and oxygen atoms in total. The highest BCUT2D eigenvalue weighted by Crippen LogP contribution is 2.65. The molecule has 0 radical (unpaired) electrons. The zero-order valence-corrected chi connectivity index (χ0v) is 38.0. The maximum Gasteiger partial charge on any atom is 0.0727 e. The second kappa shape index (κ2) is 16.7. The van der Waals surface area contributed by atoms with Gasteiger partial charge in [0.2, 0.25) is 0 Å². The van der Waals surface area contributed by atoms with Crippen LogP contribution in [0.5, 0.6) is 0 Å². The van der Waals surface area contributed by atoms with E-state index < -0.39 is 5.41 Å². The number of para-hydroxylation sites is 2. The Morgan fingerprint density at radius 2 is 0.609 bits per heavy atom. The lowest BCUT2D eigenvalue weighted by Crippen LogP contribution is -2.26. The predicted molar refractivity (Wildman–Crippen MR) is 288 cm³/mol. The smallest absolute Gasteiger partial charge is 0.0727 e. The van der Waals surface area contributed by atoms with Crippen LogP contribution in [-0.2, 0) is 5.41 Å². The van der Waals surface area contributed by atoms with Crippen molar-refractivity contribution in [3.8, 4) is 55.6 Å². The molecule has 1 atom stereocenters. The van der Waals surface area contributed by atoms with Gasteiger partial charge in [0.05, 0.1) is 16.8 Å². The second-order valence-corrected chi connectivity index (χ2v) is 18.0. The highest BCUT2D eigenvalue weighted by molar-refractivity contribution is 6.02. The number of rotatable bonds is 9. The molecule has 2 aliphatic rings. The van der Waals surface area contributed by atoms with E-state index in [0.717, 1.165) is 34.1 Å². The molecule has 69 heavy (non-hydrogen) atoms. The molecule has 1 spiro atoms. The van der Waals surface area contributed by atoms with Crippen LogP contribution in [0.2, 0.25) is 0 Å². The molecule has 0 saturated carbocycles. The Bertz CT molecular complexity index is 3640. The first kappa shape index (κ1) is 40.3. The molecule has 11 aromatic rings. The molecule has 13 rings (SSSR count). The average molecular weight is 879 g/mol. The standard InChI is InChI=1S/C67H46N2/c1-5-20-47(21-6-1)49-36-40-53(41-37-49)68(52-26-11-4-12-27-52)65-35-19-33-62-66(65)59-30-14-17-32-61(59)67(62)60-31-16-13-29-57(60)58-45-44-55(46-63(58)67)69(54-42-38-50(39-43-54)48-22-7-2-8-23-48)64-34-18-15-28-56(64)51-24-9-3-10-25-51/h1-46H. The Morgan fingerprint density at radius 1 is 0.217 bits per heavy atom. The molecule has 0 aliphatic heterocycles. The Labute approximate surface area is 404 Å². The Balaban J connectivity index is 1.04. The summed E-state index contributed by atoms with van der Waals surface area (Å²) in [6, 6.07) is 102. The maximum atomic E-state index is 2.50. The van der Waals surface area contributed by atoms with Gasteiger partial charge in [-0.3, -0.25) is 0 Å². The summed E-state index contributed by atoms with van der Waals surface area (Å²) in [7, 11) is 0. The predicted octanol–water partition coefficient (Wildman–Crippen LogP) is 18.0. The first-order chi connectivity index (χ1) is 34.3. The minimum absolute atomic E-state index is 0.592. The first-order valence-corrected chi connectivity index (χ1v) is 23.8. The summed E-state index contributed by atoms with van der Waals surface area (Å²) < 4.78 is 0. The second-order valence-electron chi connectivity index (χ2n) is 18.0. The van der Waals surface area contributed by atoms with Gasteiger partial charge in [0.25, 0.3) is 0 Å². The first-order valence-electron chi connectivity index (χ1n) is 23.8. The molecule has 2 heteroatoms. The Hall–Kier alpha value is -8.98. The van der Waals surface area contributed by atoms with Crippen molar-refractivity contribution in [2.45, 2.75) is 5.41 Å². The van der Waals surface area contributed by atoms with Crippen LogP contribution in [0.15, 0.2) is 279 Å². The number of benzene rings is 11. The van der Waals surface area contributed by atoms with Crippen LogP contribution in [0.3, 0.4) is 0 Å². The quantitative estimate of drug-likeness (QED) is 0.143. The third-order valence-corrected chi connectivity index (χ3v) is 14.3. The molecule has 0 heterocycles. The maximum absolute atomic E-state index is 2.50. The highest BCUT2D eigenvalue weighted by atomic mass is 15.2. The van der Waals surface area contributed by atoms with E-state index in [1.807, 2.05) is 0 Å². The minimum atomic E-state index is -0.592. The van der Waals surface area contributed by atoms with Gasteiger partial charge in [-0.25, -0.2) is 0 Å². The molecule has 0 amide bonds. The largest absolute Gasteiger partial charge is 0.310 e. The van der Waals surface area contributed by atoms with Crippen molar-refractivity contribution in [1.29, 1.82) is 0 Å². The summed E-state index contributed by atoms with van der Waals surface area (Å²) in [6.45, 7) is 0. The van der Waals surface area contributed by atoms with Crippen LogP contribution in [-0.4, -0.2) is 0 Å². The van der Waals surface area contributed by atoms with E-state index in [1.54, 1.807) is 0 Å². The van der Waals surface area contributed by atoms with Crippen LogP contribution >= 0.6 is 0 Å². The zero-order valence-electron chi connectivity index (χ0n) is 38.0. The lowest BCUT2D eigenvalue weighted by Gasteiger charge is -2.33. The van der Waals surface area contributed by atoms with Crippen molar-refractivity contribution < 1.29 is 0 Å². The summed E-state index contributed by atoms with van der Waals surface area (Å²) in [5.41, 5.74) is 23.4. The van der Waals surface area contributed by atoms with Gasteiger partial charge in [-0.2, -0.15) is 0 Å². The van der Waals surface area contributed by atoms with E-state index in [0.29, 0.717) is 0 Å². The van der Waals surface area contributed by atoms with Gasteiger partial charge in [-0.15, -0.1) is 0 Å². The Kier molecular flexibility index (Phi) is 9.77. The lowest BCUT2D eigenvalue weighted by atomic mass is 9.70. The van der Waals surface area contributed by atoms with Crippen molar-refractivity contribution in [1.82, 2.24) is 0 Å². The van der Waals surface area contributed by atoms with E-state index in [2.05, 4.69) is 289 Å². The Morgan fingerprint density at radius 3 is 1.22 bits per heavy atom. The van der Waals surface area contributed by atoms with Crippen LogP contribution in [0.25, 0.3) is 55.6 Å². The summed E-state index contributed by atoms with van der Waals surface area (Å²) in [6.07, 6.45) is 0. The van der Waals surface area contributed by atoms with Crippen molar-refractivity contribution in [3.05, 3.63) is 301 Å². The SMILES string of the molecule is c1ccc(-c2ccc(N(c3ccc4c(c3)C3(c5ccccc5-4)c4ccccc4-c4c(N(c5ccccc5)c5ccc(-c6ccccc6)cc5)cccc43)c3ccccc3-c3ccccc3)cc2)cc1. The van der Waals surface area contributed by atoms with E-state index in [1.165, 1.54) is 77.9 Å². The van der Waals surface area contributed by atoms with Crippen molar-refractivity contribution >= 4 is 34.1 Å². The molecular weight excluding hydrogens is 833 g/mol. The van der Waals surface area contributed by atoms with E-state index in [4.69, 9.17) is 0 Å². The summed E-state index contributed by atoms with van der Waals surface area (Å²) in [5, 5.41) is 0. The molecule has 0 N–H and O–H groups in total. The number of anilines is 6. The zero-order chi connectivity index (χ0) is 45.7.